The fraction of sp³-hybridized carbons (Fsp3) is 0.632. The third kappa shape index (κ3) is 7.02. The van der Waals surface area contributed by atoms with Crippen LogP contribution in [0.4, 0.5) is 0 Å². The monoisotopic (exact) mass is 349 g/mol. The van der Waals surface area contributed by atoms with E-state index in [9.17, 15) is 4.79 Å². The molecule has 6 heteroatoms. The number of ether oxygens (including phenoxy) is 2. The number of nitrogens with one attached hydrogen (secondary N) is 1. The second-order valence-electron chi connectivity index (χ2n) is 6.25. The number of hydrogen-bond donors (Lipinski definition) is 1. The van der Waals surface area contributed by atoms with E-state index in [1.54, 1.807) is 13.2 Å². The third-order valence-corrected chi connectivity index (χ3v) is 4.50. The molecule has 0 saturated carbocycles. The Balaban J connectivity index is 1.65. The second-order valence-corrected chi connectivity index (χ2v) is 6.25. The van der Waals surface area contributed by atoms with Gasteiger partial charge in [0, 0.05) is 45.4 Å². The van der Waals surface area contributed by atoms with Crippen LogP contribution in [-0.2, 0) is 4.74 Å². The van der Waals surface area contributed by atoms with Crippen molar-refractivity contribution in [3.63, 3.8) is 0 Å². The van der Waals surface area contributed by atoms with Gasteiger partial charge in [-0.2, -0.15) is 0 Å². The zero-order valence-electron chi connectivity index (χ0n) is 15.5. The van der Waals surface area contributed by atoms with E-state index in [0.29, 0.717) is 31.1 Å². The molecular weight excluding hydrogens is 318 g/mol. The van der Waals surface area contributed by atoms with Gasteiger partial charge >= 0.3 is 0 Å². The Labute approximate surface area is 151 Å². The average molecular weight is 349 g/mol. The van der Waals surface area contributed by atoms with Gasteiger partial charge in [0.15, 0.2) is 0 Å². The van der Waals surface area contributed by atoms with Gasteiger partial charge in [0.1, 0.15) is 12.4 Å². The topological polar surface area (TPSA) is 54.0 Å². The minimum Gasteiger partial charge on any atom is -0.491 e. The van der Waals surface area contributed by atoms with Gasteiger partial charge in [-0.05, 0) is 37.7 Å². The van der Waals surface area contributed by atoms with E-state index in [2.05, 4.69) is 22.0 Å². The first-order valence-electron chi connectivity index (χ1n) is 9.17. The van der Waals surface area contributed by atoms with Crippen molar-refractivity contribution < 1.29 is 14.3 Å². The van der Waals surface area contributed by atoms with E-state index in [4.69, 9.17) is 9.47 Å². The summed E-state index contributed by atoms with van der Waals surface area (Å²) in [7, 11) is 1.64. The highest BCUT2D eigenvalue weighted by molar-refractivity contribution is 5.94. The van der Waals surface area contributed by atoms with Crippen molar-refractivity contribution in [2.45, 2.75) is 13.3 Å². The molecule has 0 bridgehead atoms. The smallest absolute Gasteiger partial charge is 0.251 e. The summed E-state index contributed by atoms with van der Waals surface area (Å²) >= 11 is 0. The van der Waals surface area contributed by atoms with E-state index < -0.39 is 0 Å². The van der Waals surface area contributed by atoms with Crippen molar-refractivity contribution in [2.75, 3.05) is 66.1 Å². The molecule has 6 nitrogen and oxygen atoms in total. The molecule has 0 aliphatic carbocycles. The fourth-order valence-corrected chi connectivity index (χ4v) is 2.91. The second kappa shape index (κ2) is 11.1. The van der Waals surface area contributed by atoms with Crippen molar-refractivity contribution in [3.05, 3.63) is 29.8 Å². The predicted octanol–water partition coefficient (Wildman–Crippen LogP) is 1.47. The van der Waals surface area contributed by atoms with Crippen LogP contribution < -0.4 is 10.1 Å². The van der Waals surface area contributed by atoms with Gasteiger partial charge in [-0.25, -0.2) is 0 Å². The number of amides is 1. The lowest BCUT2D eigenvalue weighted by Gasteiger charge is -2.33. The van der Waals surface area contributed by atoms with Crippen molar-refractivity contribution in [2.24, 2.45) is 0 Å². The molecule has 1 heterocycles. The number of hydrogen-bond acceptors (Lipinski definition) is 5. The Morgan fingerprint density at radius 1 is 1.16 bits per heavy atom. The van der Waals surface area contributed by atoms with Gasteiger partial charge in [-0.1, -0.05) is 13.0 Å². The number of piperazine rings is 1. The molecule has 1 aromatic carbocycles. The number of nitrogens with zero attached hydrogens (tertiary/aromatic N) is 2. The molecule has 1 aliphatic rings. The number of likely N-dealkylation sites (N-methyl/N-ethyl adjacent to an activating group) is 1. The molecule has 0 spiro atoms. The summed E-state index contributed by atoms with van der Waals surface area (Å²) in [5.41, 5.74) is 0.631. The van der Waals surface area contributed by atoms with E-state index in [1.807, 2.05) is 18.2 Å². The molecule has 1 aliphatic heterocycles. The molecule has 0 unspecified atom stereocenters. The van der Waals surface area contributed by atoms with Gasteiger partial charge in [-0.15, -0.1) is 0 Å². The lowest BCUT2D eigenvalue weighted by molar-refractivity contribution is 0.0947. The highest BCUT2D eigenvalue weighted by Gasteiger charge is 2.14. The Morgan fingerprint density at radius 3 is 2.64 bits per heavy atom. The first kappa shape index (κ1) is 19.7. The average Bonchev–Trinajstić information content (AvgIpc) is 2.66. The molecule has 1 amide bonds. The van der Waals surface area contributed by atoms with E-state index in [1.165, 1.54) is 0 Å². The van der Waals surface area contributed by atoms with Crippen LogP contribution in [0.25, 0.3) is 0 Å². The number of methoxy groups -OCH3 is 1. The normalized spacial score (nSPS) is 15.9. The van der Waals surface area contributed by atoms with Gasteiger partial charge < -0.3 is 24.6 Å². The van der Waals surface area contributed by atoms with Gasteiger partial charge in [-0.3, -0.25) is 4.79 Å². The standard InChI is InChI=1S/C19H31N3O3/c1-3-21-10-12-22(13-11-21)9-5-8-20-19(23)17-6-4-7-18(16-17)25-15-14-24-2/h4,6-7,16H,3,5,8-15H2,1-2H3,(H,20,23). The van der Waals surface area contributed by atoms with Gasteiger partial charge in [0.25, 0.3) is 5.91 Å². The van der Waals surface area contributed by atoms with Crippen molar-refractivity contribution in [3.8, 4) is 5.75 Å². The number of rotatable bonds is 10. The maximum atomic E-state index is 12.2. The number of carbonyl (C=O) groups is 1. The number of carbonyl (C=O) groups excluding carboxylic acids is 1. The van der Waals surface area contributed by atoms with Crippen LogP contribution in [0.15, 0.2) is 24.3 Å². The maximum Gasteiger partial charge on any atom is 0.251 e. The minimum atomic E-state index is -0.0482. The highest BCUT2D eigenvalue weighted by Crippen LogP contribution is 2.13. The Morgan fingerprint density at radius 2 is 1.92 bits per heavy atom. The van der Waals surface area contributed by atoms with E-state index in [0.717, 1.165) is 45.7 Å². The summed E-state index contributed by atoms with van der Waals surface area (Å²) in [5, 5.41) is 3.00. The summed E-state index contributed by atoms with van der Waals surface area (Å²) in [6.45, 7) is 10.7. The fourth-order valence-electron chi connectivity index (χ4n) is 2.91. The van der Waals surface area contributed by atoms with Crippen LogP contribution in [0, 0.1) is 0 Å². The molecule has 1 N–H and O–H groups in total. The highest BCUT2D eigenvalue weighted by atomic mass is 16.5. The lowest BCUT2D eigenvalue weighted by atomic mass is 10.2. The van der Waals surface area contributed by atoms with Crippen LogP contribution in [0.1, 0.15) is 23.7 Å². The van der Waals surface area contributed by atoms with Gasteiger partial charge in [0.05, 0.1) is 6.61 Å². The van der Waals surface area contributed by atoms with E-state index >= 15 is 0 Å². The predicted molar refractivity (Wildman–Crippen MR) is 99.3 cm³/mol. The van der Waals surface area contributed by atoms with E-state index in [-0.39, 0.29) is 5.91 Å². The molecule has 140 valence electrons. The van der Waals surface area contributed by atoms with Crippen molar-refractivity contribution in [1.29, 1.82) is 0 Å². The quantitative estimate of drug-likeness (QED) is 0.648. The summed E-state index contributed by atoms with van der Waals surface area (Å²) in [4.78, 5) is 17.2. The summed E-state index contributed by atoms with van der Waals surface area (Å²) in [5.74, 6) is 0.645. The van der Waals surface area contributed by atoms with Crippen molar-refractivity contribution in [1.82, 2.24) is 15.1 Å². The maximum absolute atomic E-state index is 12.2. The summed E-state index contributed by atoms with van der Waals surface area (Å²) < 4.78 is 10.5. The van der Waals surface area contributed by atoms with Crippen LogP contribution in [0.2, 0.25) is 0 Å². The van der Waals surface area contributed by atoms with Crippen molar-refractivity contribution >= 4 is 5.91 Å². The molecule has 0 radical (unpaired) electrons. The SMILES string of the molecule is CCN1CCN(CCCNC(=O)c2cccc(OCCOC)c2)CC1. The lowest BCUT2D eigenvalue weighted by Crippen LogP contribution is -2.46. The zero-order chi connectivity index (χ0) is 17.9. The molecule has 1 aromatic rings. The van der Waals surface area contributed by atoms with Crippen LogP contribution in [-0.4, -0.2) is 81.8 Å². The first-order chi connectivity index (χ1) is 12.2. The van der Waals surface area contributed by atoms with Gasteiger partial charge in [0.2, 0.25) is 0 Å². The third-order valence-electron chi connectivity index (χ3n) is 4.50. The molecule has 0 aromatic heterocycles. The zero-order valence-corrected chi connectivity index (χ0v) is 15.5. The molecular formula is C19H31N3O3. The molecule has 25 heavy (non-hydrogen) atoms. The van der Waals surface area contributed by atoms with Crippen LogP contribution in [0.5, 0.6) is 5.75 Å². The summed E-state index contributed by atoms with van der Waals surface area (Å²) in [6.07, 6.45) is 0.974. The largest absolute Gasteiger partial charge is 0.491 e. The molecule has 2 rings (SSSR count). The van der Waals surface area contributed by atoms with Crippen LogP contribution in [0.3, 0.4) is 0 Å². The molecule has 0 atom stereocenters. The molecule has 1 saturated heterocycles. The Kier molecular flexibility index (Phi) is 8.72. The first-order valence-corrected chi connectivity index (χ1v) is 9.17. The Hall–Kier alpha value is -1.63. The van der Waals surface area contributed by atoms with Crippen LogP contribution >= 0.6 is 0 Å². The minimum absolute atomic E-state index is 0.0482. The molecule has 1 fully saturated rings. The summed E-state index contributed by atoms with van der Waals surface area (Å²) in [6, 6.07) is 7.27. The Bertz CT molecular complexity index is 516. The number of benzene rings is 1.